The number of rotatable bonds is 4. The number of ether oxygens (including phenoxy) is 1. The summed E-state index contributed by atoms with van der Waals surface area (Å²) in [5.74, 6) is 1.04. The van der Waals surface area contributed by atoms with Crippen LogP contribution in [0.15, 0.2) is 0 Å². The van der Waals surface area contributed by atoms with Gasteiger partial charge in [0.25, 0.3) is 0 Å². The number of carbonyl (C=O) groups excluding carboxylic acids is 1. The molecule has 1 aliphatic rings. The third kappa shape index (κ3) is 2.50. The molecule has 1 saturated heterocycles. The minimum absolute atomic E-state index is 0.191. The molecule has 0 unspecified atom stereocenters. The van der Waals surface area contributed by atoms with Gasteiger partial charge in [0.2, 0.25) is 0 Å². The second kappa shape index (κ2) is 4.70. The number of hydrogen-bond acceptors (Lipinski definition) is 2. The number of nitrogens with zero attached hydrogens (tertiary/aromatic N) is 1. The van der Waals surface area contributed by atoms with Crippen LogP contribution in [0, 0.1) is 5.92 Å². The molecule has 0 aliphatic carbocycles. The van der Waals surface area contributed by atoms with Crippen molar-refractivity contribution in [2.75, 3.05) is 19.0 Å². The summed E-state index contributed by atoms with van der Waals surface area (Å²) in [7, 11) is 0. The van der Waals surface area contributed by atoms with Crippen LogP contribution in [0.1, 0.15) is 20.3 Å². The molecule has 0 aromatic rings. The van der Waals surface area contributed by atoms with Gasteiger partial charge >= 0.3 is 6.09 Å². The summed E-state index contributed by atoms with van der Waals surface area (Å²) in [6.45, 7) is 5.44. The Kier molecular flexibility index (Phi) is 3.85. The Morgan fingerprint density at radius 3 is 2.92 bits per heavy atom. The number of alkyl halides is 1. The van der Waals surface area contributed by atoms with Crippen LogP contribution < -0.4 is 0 Å². The average molecular weight is 206 g/mol. The number of amides is 1. The van der Waals surface area contributed by atoms with Gasteiger partial charge in [0.15, 0.2) is 0 Å². The van der Waals surface area contributed by atoms with Gasteiger partial charge in [-0.05, 0) is 12.3 Å². The first-order valence-corrected chi connectivity index (χ1v) is 5.19. The summed E-state index contributed by atoms with van der Waals surface area (Å²) in [5.41, 5.74) is 0. The lowest BCUT2D eigenvalue weighted by Crippen LogP contribution is -2.37. The van der Waals surface area contributed by atoms with Crippen molar-refractivity contribution in [3.05, 3.63) is 0 Å². The van der Waals surface area contributed by atoms with Crippen LogP contribution in [0.3, 0.4) is 0 Å². The van der Waals surface area contributed by atoms with Crippen molar-refractivity contribution in [2.45, 2.75) is 26.3 Å². The van der Waals surface area contributed by atoms with Crippen LogP contribution in [0.4, 0.5) is 4.79 Å². The Morgan fingerprint density at radius 2 is 2.38 bits per heavy atom. The zero-order chi connectivity index (χ0) is 9.84. The molecule has 1 fully saturated rings. The summed E-state index contributed by atoms with van der Waals surface area (Å²) in [6.07, 6.45) is 0.642. The van der Waals surface area contributed by atoms with Crippen LogP contribution in [-0.4, -0.2) is 36.1 Å². The number of hydrogen-bond donors (Lipinski definition) is 0. The largest absolute Gasteiger partial charge is 0.447 e. The van der Waals surface area contributed by atoms with Gasteiger partial charge in [0.1, 0.15) is 6.61 Å². The Hall–Kier alpha value is -0.440. The molecule has 1 atom stereocenters. The summed E-state index contributed by atoms with van der Waals surface area (Å²) < 4.78 is 4.98. The molecule has 1 rings (SSSR count). The van der Waals surface area contributed by atoms with Crippen LogP contribution >= 0.6 is 11.6 Å². The highest BCUT2D eigenvalue weighted by molar-refractivity contribution is 6.17. The molecule has 1 heterocycles. The van der Waals surface area contributed by atoms with Crippen LogP contribution in [-0.2, 0) is 4.74 Å². The minimum Gasteiger partial charge on any atom is -0.447 e. The van der Waals surface area contributed by atoms with Gasteiger partial charge in [-0.25, -0.2) is 4.79 Å². The quantitative estimate of drug-likeness (QED) is 0.658. The standard InChI is InChI=1S/C9H16ClNO2/c1-7(2)8-6-13-9(12)11(8)5-3-4-10/h7-8H,3-6H2,1-2H3/t8-/m1/s1. The van der Waals surface area contributed by atoms with Crippen molar-refractivity contribution in [3.8, 4) is 0 Å². The van der Waals surface area contributed by atoms with E-state index in [1.807, 2.05) is 0 Å². The Bertz CT molecular complexity index is 184. The van der Waals surface area contributed by atoms with Crippen LogP contribution in [0.2, 0.25) is 0 Å². The van der Waals surface area contributed by atoms with Gasteiger partial charge in [0, 0.05) is 12.4 Å². The van der Waals surface area contributed by atoms with E-state index in [0.29, 0.717) is 24.9 Å². The Balaban J connectivity index is 2.50. The number of cyclic esters (lactones) is 1. The van der Waals surface area contributed by atoms with Crippen LogP contribution in [0.5, 0.6) is 0 Å². The first-order chi connectivity index (χ1) is 6.16. The smallest absolute Gasteiger partial charge is 0.410 e. The molecular formula is C9H16ClNO2. The molecule has 0 N–H and O–H groups in total. The van der Waals surface area contributed by atoms with E-state index in [-0.39, 0.29) is 12.1 Å². The van der Waals surface area contributed by atoms with E-state index < -0.39 is 0 Å². The molecule has 76 valence electrons. The van der Waals surface area contributed by atoms with E-state index in [9.17, 15) is 4.79 Å². The molecule has 0 spiro atoms. The fourth-order valence-electron chi connectivity index (χ4n) is 1.50. The molecule has 0 saturated carbocycles. The van der Waals surface area contributed by atoms with Crippen molar-refractivity contribution in [1.82, 2.24) is 4.90 Å². The summed E-state index contributed by atoms with van der Waals surface area (Å²) in [6, 6.07) is 0.232. The maximum Gasteiger partial charge on any atom is 0.410 e. The summed E-state index contributed by atoms with van der Waals surface area (Å²) >= 11 is 5.58. The molecule has 1 aliphatic heterocycles. The van der Waals surface area contributed by atoms with E-state index in [1.54, 1.807) is 4.90 Å². The highest BCUT2D eigenvalue weighted by atomic mass is 35.5. The highest BCUT2D eigenvalue weighted by Crippen LogP contribution is 2.19. The Morgan fingerprint density at radius 1 is 1.69 bits per heavy atom. The van der Waals surface area contributed by atoms with E-state index in [4.69, 9.17) is 16.3 Å². The summed E-state index contributed by atoms with van der Waals surface area (Å²) in [4.78, 5) is 13.0. The zero-order valence-corrected chi connectivity index (χ0v) is 8.88. The van der Waals surface area contributed by atoms with Gasteiger partial charge in [-0.15, -0.1) is 11.6 Å². The molecule has 0 aromatic heterocycles. The molecule has 0 bridgehead atoms. The second-order valence-corrected chi connectivity index (χ2v) is 4.00. The van der Waals surface area contributed by atoms with Crippen LogP contribution in [0.25, 0.3) is 0 Å². The number of carbonyl (C=O) groups is 1. The maximum absolute atomic E-state index is 11.3. The normalized spacial score (nSPS) is 22.6. The maximum atomic E-state index is 11.3. The second-order valence-electron chi connectivity index (χ2n) is 3.62. The van der Waals surface area contributed by atoms with Gasteiger partial charge < -0.3 is 9.64 Å². The van der Waals surface area contributed by atoms with Gasteiger partial charge in [0.05, 0.1) is 6.04 Å². The highest BCUT2D eigenvalue weighted by Gasteiger charge is 2.33. The topological polar surface area (TPSA) is 29.5 Å². The first kappa shape index (κ1) is 10.6. The lowest BCUT2D eigenvalue weighted by molar-refractivity contribution is 0.157. The fraction of sp³-hybridized carbons (Fsp3) is 0.889. The fourth-order valence-corrected chi connectivity index (χ4v) is 1.62. The molecule has 0 radical (unpaired) electrons. The van der Waals surface area contributed by atoms with Crippen molar-refractivity contribution >= 4 is 17.7 Å². The molecule has 4 heteroatoms. The van der Waals surface area contributed by atoms with Gasteiger partial charge in [-0.2, -0.15) is 0 Å². The molecule has 3 nitrogen and oxygen atoms in total. The molecule has 0 aromatic carbocycles. The third-order valence-electron chi connectivity index (χ3n) is 2.31. The van der Waals surface area contributed by atoms with E-state index in [1.165, 1.54) is 0 Å². The first-order valence-electron chi connectivity index (χ1n) is 4.66. The molecule has 1 amide bonds. The zero-order valence-electron chi connectivity index (χ0n) is 8.12. The molecule has 13 heavy (non-hydrogen) atoms. The van der Waals surface area contributed by atoms with Crippen molar-refractivity contribution in [3.63, 3.8) is 0 Å². The van der Waals surface area contributed by atoms with E-state index >= 15 is 0 Å². The lowest BCUT2D eigenvalue weighted by atomic mass is 10.0. The van der Waals surface area contributed by atoms with E-state index in [0.717, 1.165) is 6.42 Å². The monoisotopic (exact) mass is 205 g/mol. The van der Waals surface area contributed by atoms with Crippen molar-refractivity contribution in [1.29, 1.82) is 0 Å². The predicted molar refractivity (Wildman–Crippen MR) is 52.0 cm³/mol. The lowest BCUT2D eigenvalue weighted by Gasteiger charge is -2.23. The predicted octanol–water partition coefficient (Wildman–Crippen LogP) is 2.09. The van der Waals surface area contributed by atoms with Crippen molar-refractivity contribution < 1.29 is 9.53 Å². The van der Waals surface area contributed by atoms with Crippen molar-refractivity contribution in [2.24, 2.45) is 5.92 Å². The summed E-state index contributed by atoms with van der Waals surface area (Å²) in [5, 5.41) is 0. The minimum atomic E-state index is -0.191. The third-order valence-corrected chi connectivity index (χ3v) is 2.58. The average Bonchev–Trinajstić information content (AvgIpc) is 2.43. The van der Waals surface area contributed by atoms with E-state index in [2.05, 4.69) is 13.8 Å². The number of halogens is 1. The van der Waals surface area contributed by atoms with Gasteiger partial charge in [-0.3, -0.25) is 0 Å². The van der Waals surface area contributed by atoms with Gasteiger partial charge in [-0.1, -0.05) is 13.8 Å². The molecular weight excluding hydrogens is 190 g/mol. The Labute approximate surface area is 84.0 Å². The SMILES string of the molecule is CC(C)[C@H]1COC(=O)N1CCCCl.